The fourth-order valence-corrected chi connectivity index (χ4v) is 3.08. The second-order valence-electron chi connectivity index (χ2n) is 4.82. The van der Waals surface area contributed by atoms with Crippen molar-refractivity contribution in [2.24, 2.45) is 0 Å². The van der Waals surface area contributed by atoms with Gasteiger partial charge in [0.2, 0.25) is 0 Å². The van der Waals surface area contributed by atoms with Gasteiger partial charge in [-0.2, -0.15) is 8.42 Å². The largest absolute Gasteiger partial charge is 0.465 e. The highest BCUT2D eigenvalue weighted by molar-refractivity contribution is 7.87. The van der Waals surface area contributed by atoms with Crippen LogP contribution in [-0.4, -0.2) is 21.5 Å². The van der Waals surface area contributed by atoms with Gasteiger partial charge < -0.3 is 8.92 Å². The lowest BCUT2D eigenvalue weighted by atomic mass is 10.1. The van der Waals surface area contributed by atoms with Crippen molar-refractivity contribution in [3.8, 4) is 5.75 Å². The summed E-state index contributed by atoms with van der Waals surface area (Å²) < 4.78 is 34.3. The average molecular weight is 320 g/mol. The van der Waals surface area contributed by atoms with E-state index in [9.17, 15) is 13.2 Å². The number of rotatable bonds is 4. The van der Waals surface area contributed by atoms with E-state index in [4.69, 9.17) is 4.18 Å². The lowest BCUT2D eigenvalue weighted by molar-refractivity contribution is 0.0600. The molecule has 0 fully saturated rings. The Bertz CT molecular complexity index is 792. The summed E-state index contributed by atoms with van der Waals surface area (Å²) in [5, 5.41) is 0. The third kappa shape index (κ3) is 3.46. The lowest BCUT2D eigenvalue weighted by Crippen LogP contribution is -2.12. The molecule has 5 nitrogen and oxygen atoms in total. The van der Waals surface area contributed by atoms with Gasteiger partial charge in [0.15, 0.2) is 0 Å². The molecule has 0 bridgehead atoms. The molecule has 0 amide bonds. The molecule has 0 saturated heterocycles. The molecule has 0 aliphatic rings. The van der Waals surface area contributed by atoms with E-state index in [1.54, 1.807) is 31.2 Å². The predicted octanol–water partition coefficient (Wildman–Crippen LogP) is 2.86. The Morgan fingerprint density at radius 2 is 1.64 bits per heavy atom. The summed E-state index contributed by atoms with van der Waals surface area (Å²) in [7, 11) is -2.69. The second kappa shape index (κ2) is 6.19. The van der Waals surface area contributed by atoms with Crippen molar-refractivity contribution in [2.45, 2.75) is 18.7 Å². The van der Waals surface area contributed by atoms with Gasteiger partial charge in [0.25, 0.3) is 0 Å². The summed E-state index contributed by atoms with van der Waals surface area (Å²) in [6, 6.07) is 10.9. The summed E-state index contributed by atoms with van der Waals surface area (Å²) in [4.78, 5) is 11.5. The van der Waals surface area contributed by atoms with Gasteiger partial charge in [0, 0.05) is 0 Å². The van der Waals surface area contributed by atoms with Crippen molar-refractivity contribution in [1.29, 1.82) is 0 Å². The number of carbonyl (C=O) groups is 1. The van der Waals surface area contributed by atoms with Crippen LogP contribution in [0.5, 0.6) is 5.75 Å². The topological polar surface area (TPSA) is 69.7 Å². The van der Waals surface area contributed by atoms with Gasteiger partial charge in [-0.3, -0.25) is 0 Å². The molecule has 0 heterocycles. The Labute approximate surface area is 129 Å². The molecule has 0 unspecified atom stereocenters. The van der Waals surface area contributed by atoms with Gasteiger partial charge in [-0.15, -0.1) is 0 Å². The smallest absolute Gasteiger partial charge is 0.339 e. The first-order chi connectivity index (χ1) is 10.3. The summed E-state index contributed by atoms with van der Waals surface area (Å²) in [6.07, 6.45) is 0. The molecule has 22 heavy (non-hydrogen) atoms. The highest BCUT2D eigenvalue weighted by Crippen LogP contribution is 2.22. The van der Waals surface area contributed by atoms with Crippen LogP contribution in [0.2, 0.25) is 0 Å². The predicted molar refractivity (Wildman–Crippen MR) is 81.5 cm³/mol. The Balaban J connectivity index is 2.33. The average Bonchev–Trinajstić information content (AvgIpc) is 2.48. The fourth-order valence-electron chi connectivity index (χ4n) is 1.94. The van der Waals surface area contributed by atoms with Crippen LogP contribution in [0.15, 0.2) is 47.4 Å². The van der Waals surface area contributed by atoms with E-state index in [1.165, 1.54) is 25.3 Å². The number of hydrogen-bond acceptors (Lipinski definition) is 5. The number of hydrogen-bond donors (Lipinski definition) is 0. The summed E-state index contributed by atoms with van der Waals surface area (Å²) in [5.74, 6) is -0.284. The first-order valence-corrected chi connectivity index (χ1v) is 7.94. The van der Waals surface area contributed by atoms with Gasteiger partial charge in [0.05, 0.1) is 12.7 Å². The number of carbonyl (C=O) groups excluding carboxylic acids is 1. The van der Waals surface area contributed by atoms with Gasteiger partial charge in [-0.05, 0) is 49.7 Å². The quantitative estimate of drug-likeness (QED) is 0.640. The lowest BCUT2D eigenvalue weighted by Gasteiger charge is -2.10. The summed E-state index contributed by atoms with van der Waals surface area (Å²) >= 11 is 0. The highest BCUT2D eigenvalue weighted by atomic mass is 32.2. The maximum absolute atomic E-state index is 12.3. The van der Waals surface area contributed by atoms with E-state index < -0.39 is 16.1 Å². The minimum atomic E-state index is -3.96. The first-order valence-electron chi connectivity index (χ1n) is 6.53. The van der Waals surface area contributed by atoms with Crippen molar-refractivity contribution in [3.63, 3.8) is 0 Å². The molecule has 2 aromatic rings. The van der Waals surface area contributed by atoms with Crippen molar-refractivity contribution >= 4 is 16.1 Å². The van der Waals surface area contributed by atoms with Crippen molar-refractivity contribution in [1.82, 2.24) is 0 Å². The molecule has 0 saturated carbocycles. The standard InChI is InChI=1S/C16H16O5S/c1-11-4-7-14(8-5-11)21-22(18,19)15-9-6-13(10-12(15)2)16(17)20-3/h4-10H,1-3H3. The van der Waals surface area contributed by atoms with Gasteiger partial charge >= 0.3 is 16.1 Å². The van der Waals surface area contributed by atoms with E-state index in [1.807, 2.05) is 6.92 Å². The Kier molecular flexibility index (Phi) is 4.51. The van der Waals surface area contributed by atoms with E-state index in [0.29, 0.717) is 5.56 Å². The zero-order valence-corrected chi connectivity index (χ0v) is 13.3. The van der Waals surface area contributed by atoms with Gasteiger partial charge in [-0.25, -0.2) is 4.79 Å². The molecule has 0 N–H and O–H groups in total. The Morgan fingerprint density at radius 3 is 2.18 bits per heavy atom. The van der Waals surface area contributed by atoms with Crippen LogP contribution in [0.1, 0.15) is 21.5 Å². The van der Waals surface area contributed by atoms with Crippen LogP contribution >= 0.6 is 0 Å². The number of methoxy groups -OCH3 is 1. The molecule has 2 aromatic carbocycles. The fraction of sp³-hybridized carbons (Fsp3) is 0.188. The minimum Gasteiger partial charge on any atom is -0.465 e. The van der Waals surface area contributed by atoms with Crippen LogP contribution in [0, 0.1) is 13.8 Å². The maximum atomic E-state index is 12.3. The zero-order chi connectivity index (χ0) is 16.3. The van der Waals surface area contributed by atoms with Gasteiger partial charge in [0.1, 0.15) is 10.6 Å². The monoisotopic (exact) mass is 320 g/mol. The maximum Gasteiger partial charge on any atom is 0.339 e. The molecular weight excluding hydrogens is 304 g/mol. The molecule has 0 aliphatic heterocycles. The van der Waals surface area contributed by atoms with Gasteiger partial charge in [-0.1, -0.05) is 17.7 Å². The van der Waals surface area contributed by atoms with Crippen molar-refractivity contribution in [3.05, 3.63) is 59.2 Å². The number of aryl methyl sites for hydroxylation is 2. The third-order valence-corrected chi connectivity index (χ3v) is 4.50. The molecule has 0 radical (unpaired) electrons. The summed E-state index contributed by atoms with van der Waals surface area (Å²) in [5.41, 5.74) is 1.70. The van der Waals surface area contributed by atoms with E-state index in [0.717, 1.165) is 5.56 Å². The van der Waals surface area contributed by atoms with Crippen LogP contribution in [-0.2, 0) is 14.9 Å². The Morgan fingerprint density at radius 1 is 1.00 bits per heavy atom. The number of ether oxygens (including phenoxy) is 1. The van der Waals surface area contributed by atoms with Crippen LogP contribution in [0.3, 0.4) is 0 Å². The van der Waals surface area contributed by atoms with E-state index in [-0.39, 0.29) is 16.2 Å². The third-order valence-electron chi connectivity index (χ3n) is 3.09. The SMILES string of the molecule is COC(=O)c1ccc(S(=O)(=O)Oc2ccc(C)cc2)c(C)c1. The molecule has 2 rings (SSSR count). The molecule has 0 aliphatic carbocycles. The number of esters is 1. The van der Waals surface area contributed by atoms with E-state index >= 15 is 0 Å². The second-order valence-corrected chi connectivity index (χ2v) is 6.34. The van der Waals surface area contributed by atoms with Crippen LogP contribution < -0.4 is 4.18 Å². The molecule has 0 aromatic heterocycles. The molecule has 116 valence electrons. The van der Waals surface area contributed by atoms with Crippen molar-refractivity contribution < 1.29 is 22.1 Å². The van der Waals surface area contributed by atoms with Crippen molar-refractivity contribution in [2.75, 3.05) is 7.11 Å². The highest BCUT2D eigenvalue weighted by Gasteiger charge is 2.20. The molecular formula is C16H16O5S. The number of benzene rings is 2. The Hall–Kier alpha value is -2.34. The normalized spacial score (nSPS) is 11.0. The molecule has 0 atom stereocenters. The minimum absolute atomic E-state index is 0.0146. The first kappa shape index (κ1) is 16.0. The van der Waals surface area contributed by atoms with E-state index in [2.05, 4.69) is 4.74 Å². The summed E-state index contributed by atoms with van der Waals surface area (Å²) in [6.45, 7) is 3.49. The molecule has 6 heteroatoms. The van der Waals surface area contributed by atoms with Crippen LogP contribution in [0.4, 0.5) is 0 Å². The molecule has 0 spiro atoms. The van der Waals surface area contributed by atoms with Crippen LogP contribution in [0.25, 0.3) is 0 Å². The zero-order valence-electron chi connectivity index (χ0n) is 12.5.